The number of likely N-dealkylation sites (N-methyl/N-ethyl adjacent to an activating group) is 1. The maximum atomic E-state index is 2.55. The first kappa shape index (κ1) is 13.0. The second-order valence-electron chi connectivity index (χ2n) is 6.53. The van der Waals surface area contributed by atoms with Gasteiger partial charge in [0.15, 0.2) is 0 Å². The van der Waals surface area contributed by atoms with E-state index in [-0.39, 0.29) is 0 Å². The van der Waals surface area contributed by atoms with Gasteiger partial charge in [0.05, 0.1) is 0 Å². The summed E-state index contributed by atoms with van der Waals surface area (Å²) in [5.41, 5.74) is 4.64. The first-order valence-electron chi connectivity index (χ1n) is 7.72. The Labute approximate surface area is 117 Å². The van der Waals surface area contributed by atoms with Gasteiger partial charge in [-0.1, -0.05) is 19.9 Å². The van der Waals surface area contributed by atoms with E-state index in [1.807, 2.05) is 0 Å². The van der Waals surface area contributed by atoms with E-state index in [9.17, 15) is 0 Å². The topological polar surface area (TPSA) is 6.48 Å². The van der Waals surface area contributed by atoms with Crippen LogP contribution in [0.15, 0.2) is 18.2 Å². The number of anilines is 1. The molecule has 104 valence electrons. The van der Waals surface area contributed by atoms with Crippen molar-refractivity contribution < 1.29 is 0 Å². The largest absolute Gasteiger partial charge is 0.369 e. The minimum absolute atomic E-state index is 0.650. The van der Waals surface area contributed by atoms with Gasteiger partial charge in [0.2, 0.25) is 0 Å². The van der Waals surface area contributed by atoms with Crippen LogP contribution >= 0.6 is 0 Å². The highest BCUT2D eigenvalue weighted by atomic mass is 15.2. The van der Waals surface area contributed by atoms with Gasteiger partial charge in [-0.05, 0) is 55.0 Å². The van der Waals surface area contributed by atoms with Crippen molar-refractivity contribution in [3.8, 4) is 0 Å². The van der Waals surface area contributed by atoms with Crippen molar-refractivity contribution in [2.75, 3.05) is 38.1 Å². The van der Waals surface area contributed by atoms with Gasteiger partial charge in [-0.15, -0.1) is 0 Å². The van der Waals surface area contributed by atoms with Gasteiger partial charge in [0.25, 0.3) is 0 Å². The Morgan fingerprint density at radius 1 is 1.05 bits per heavy atom. The number of piperazine rings is 1. The van der Waals surface area contributed by atoms with E-state index in [1.54, 1.807) is 11.1 Å². The van der Waals surface area contributed by atoms with E-state index in [0.717, 1.165) is 5.92 Å². The van der Waals surface area contributed by atoms with Gasteiger partial charge in [-0.2, -0.15) is 0 Å². The van der Waals surface area contributed by atoms with Gasteiger partial charge >= 0.3 is 0 Å². The minimum Gasteiger partial charge on any atom is -0.369 e. The molecule has 19 heavy (non-hydrogen) atoms. The highest BCUT2D eigenvalue weighted by Gasteiger charge is 2.27. The van der Waals surface area contributed by atoms with Gasteiger partial charge < -0.3 is 9.80 Å². The molecule has 1 saturated carbocycles. The molecule has 0 unspecified atom stereocenters. The molecule has 2 nitrogen and oxygen atoms in total. The lowest BCUT2D eigenvalue weighted by atomic mass is 9.93. The van der Waals surface area contributed by atoms with Crippen LogP contribution in [0.4, 0.5) is 5.69 Å². The van der Waals surface area contributed by atoms with Crippen molar-refractivity contribution in [3.05, 3.63) is 29.3 Å². The van der Waals surface area contributed by atoms with E-state index >= 15 is 0 Å². The SMILES string of the molecule is CC(C)c1ccc(N2CCN(C)CC2)cc1C1CC1. The Morgan fingerprint density at radius 3 is 2.32 bits per heavy atom. The Balaban J connectivity index is 1.84. The summed E-state index contributed by atoms with van der Waals surface area (Å²) >= 11 is 0. The zero-order valence-corrected chi connectivity index (χ0v) is 12.5. The summed E-state index contributed by atoms with van der Waals surface area (Å²) in [4.78, 5) is 4.97. The Hall–Kier alpha value is -1.02. The van der Waals surface area contributed by atoms with Crippen molar-refractivity contribution in [2.45, 2.75) is 38.5 Å². The molecular formula is C17H26N2. The third kappa shape index (κ3) is 2.79. The molecule has 0 bridgehead atoms. The number of hydrogen-bond donors (Lipinski definition) is 0. The molecule has 0 radical (unpaired) electrons. The molecule has 2 aliphatic rings. The highest BCUT2D eigenvalue weighted by Crippen LogP contribution is 2.44. The van der Waals surface area contributed by atoms with Crippen LogP contribution in [0.1, 0.15) is 49.7 Å². The Bertz CT molecular complexity index is 441. The van der Waals surface area contributed by atoms with Gasteiger partial charge in [-0.25, -0.2) is 0 Å². The lowest BCUT2D eigenvalue weighted by Crippen LogP contribution is -2.44. The monoisotopic (exact) mass is 258 g/mol. The van der Waals surface area contributed by atoms with Gasteiger partial charge in [-0.3, -0.25) is 0 Å². The average Bonchev–Trinajstić information content (AvgIpc) is 3.23. The summed E-state index contributed by atoms with van der Waals surface area (Å²) in [6, 6.07) is 7.21. The fraction of sp³-hybridized carbons (Fsp3) is 0.647. The molecule has 1 aromatic carbocycles. The van der Waals surface area contributed by atoms with Crippen molar-refractivity contribution >= 4 is 5.69 Å². The molecule has 0 aromatic heterocycles. The van der Waals surface area contributed by atoms with E-state index in [0.29, 0.717) is 5.92 Å². The summed E-state index contributed by atoms with van der Waals surface area (Å²) in [6.45, 7) is 9.34. The molecule has 2 heteroatoms. The van der Waals surface area contributed by atoms with Crippen LogP contribution in [0.2, 0.25) is 0 Å². The maximum Gasteiger partial charge on any atom is 0.0370 e. The normalized spacial score (nSPS) is 21.2. The number of benzene rings is 1. The van der Waals surface area contributed by atoms with Crippen molar-refractivity contribution in [1.82, 2.24) is 4.90 Å². The predicted molar refractivity (Wildman–Crippen MR) is 82.2 cm³/mol. The first-order chi connectivity index (χ1) is 9.15. The molecule has 0 atom stereocenters. The summed E-state index contributed by atoms with van der Waals surface area (Å²) in [5, 5.41) is 0. The van der Waals surface area contributed by atoms with Crippen molar-refractivity contribution in [1.29, 1.82) is 0 Å². The standard InChI is InChI=1S/C17H26N2/c1-13(2)16-7-6-15(12-17(16)14-4-5-14)19-10-8-18(3)9-11-19/h6-7,12-14H,4-5,8-11H2,1-3H3. The summed E-state index contributed by atoms with van der Waals surface area (Å²) in [6.07, 6.45) is 2.79. The van der Waals surface area contributed by atoms with Crippen LogP contribution in [-0.2, 0) is 0 Å². The fourth-order valence-corrected chi connectivity index (χ4v) is 3.10. The van der Waals surface area contributed by atoms with Gasteiger partial charge in [0.1, 0.15) is 0 Å². The van der Waals surface area contributed by atoms with Crippen molar-refractivity contribution in [3.63, 3.8) is 0 Å². The maximum absolute atomic E-state index is 2.55. The van der Waals surface area contributed by atoms with Gasteiger partial charge in [0, 0.05) is 31.9 Å². The van der Waals surface area contributed by atoms with Crippen LogP contribution in [0.3, 0.4) is 0 Å². The molecule has 0 amide bonds. The molecule has 1 aliphatic heterocycles. The quantitative estimate of drug-likeness (QED) is 0.819. The zero-order valence-electron chi connectivity index (χ0n) is 12.5. The number of nitrogens with zero attached hydrogens (tertiary/aromatic N) is 2. The second kappa shape index (κ2) is 5.16. The van der Waals surface area contributed by atoms with Crippen LogP contribution in [0, 0.1) is 0 Å². The molecule has 1 saturated heterocycles. The lowest BCUT2D eigenvalue weighted by Gasteiger charge is -2.34. The van der Waals surface area contributed by atoms with E-state index < -0.39 is 0 Å². The average molecular weight is 258 g/mol. The van der Waals surface area contributed by atoms with E-state index in [1.165, 1.54) is 44.7 Å². The number of hydrogen-bond acceptors (Lipinski definition) is 2. The van der Waals surface area contributed by atoms with E-state index in [2.05, 4.69) is 48.9 Å². The third-order valence-electron chi connectivity index (χ3n) is 4.58. The zero-order chi connectivity index (χ0) is 13.4. The van der Waals surface area contributed by atoms with Crippen molar-refractivity contribution in [2.24, 2.45) is 0 Å². The lowest BCUT2D eigenvalue weighted by molar-refractivity contribution is 0.313. The molecule has 0 N–H and O–H groups in total. The highest BCUT2D eigenvalue weighted by molar-refractivity contribution is 5.53. The molecular weight excluding hydrogens is 232 g/mol. The second-order valence-corrected chi connectivity index (χ2v) is 6.53. The molecule has 1 heterocycles. The molecule has 1 aromatic rings. The first-order valence-corrected chi connectivity index (χ1v) is 7.72. The van der Waals surface area contributed by atoms with Crippen LogP contribution in [0.25, 0.3) is 0 Å². The molecule has 2 fully saturated rings. The number of rotatable bonds is 3. The van der Waals surface area contributed by atoms with Crippen LogP contribution in [-0.4, -0.2) is 38.1 Å². The predicted octanol–water partition coefficient (Wildman–Crippen LogP) is 3.44. The molecule has 1 aliphatic carbocycles. The fourth-order valence-electron chi connectivity index (χ4n) is 3.10. The van der Waals surface area contributed by atoms with Crippen LogP contribution < -0.4 is 4.90 Å². The minimum atomic E-state index is 0.650. The Morgan fingerprint density at radius 2 is 1.74 bits per heavy atom. The van der Waals surface area contributed by atoms with Crippen LogP contribution in [0.5, 0.6) is 0 Å². The summed E-state index contributed by atoms with van der Waals surface area (Å²) in [5.74, 6) is 1.50. The van der Waals surface area contributed by atoms with E-state index in [4.69, 9.17) is 0 Å². The third-order valence-corrected chi connectivity index (χ3v) is 4.58. The smallest absolute Gasteiger partial charge is 0.0370 e. The molecule has 0 spiro atoms. The summed E-state index contributed by atoms with van der Waals surface area (Å²) in [7, 11) is 2.22. The summed E-state index contributed by atoms with van der Waals surface area (Å²) < 4.78 is 0. The molecule has 3 rings (SSSR count). The Kier molecular flexibility index (Phi) is 3.53.